The number of rotatable bonds is 6. The highest BCUT2D eigenvalue weighted by molar-refractivity contribution is 6.33. The number of likely N-dealkylation sites (N-methyl/N-ethyl adjacent to an activating group) is 2. The molecule has 1 aromatic carbocycles. The minimum atomic E-state index is -0.344. The molecule has 1 N–H and O–H groups in total. The molecule has 138 valence electrons. The van der Waals surface area contributed by atoms with Gasteiger partial charge in [0.25, 0.3) is 0 Å². The van der Waals surface area contributed by atoms with Crippen LogP contribution in [0.2, 0.25) is 5.02 Å². The van der Waals surface area contributed by atoms with E-state index in [0.717, 1.165) is 12.8 Å². The summed E-state index contributed by atoms with van der Waals surface area (Å²) in [6, 6.07) is 7.10. The zero-order valence-corrected chi connectivity index (χ0v) is 16.1. The maximum absolute atomic E-state index is 12.7. The fourth-order valence-electron chi connectivity index (χ4n) is 3.25. The minimum Gasteiger partial charge on any atom is -0.341 e. The Morgan fingerprint density at radius 2 is 1.84 bits per heavy atom. The monoisotopic (exact) mass is 365 g/mol. The van der Waals surface area contributed by atoms with E-state index in [0.29, 0.717) is 16.8 Å². The molecule has 1 aromatic rings. The molecule has 6 heteroatoms. The molecule has 5 nitrogen and oxygen atoms in total. The van der Waals surface area contributed by atoms with Gasteiger partial charge in [0.05, 0.1) is 23.3 Å². The van der Waals surface area contributed by atoms with E-state index in [1.807, 2.05) is 31.0 Å². The highest BCUT2D eigenvalue weighted by Crippen LogP contribution is 2.23. The van der Waals surface area contributed by atoms with Gasteiger partial charge in [-0.15, -0.1) is 0 Å². The highest BCUT2D eigenvalue weighted by Gasteiger charge is 2.28. The number of hydrogen-bond acceptors (Lipinski definition) is 3. The predicted octanol–water partition coefficient (Wildman–Crippen LogP) is 3.39. The molecule has 1 atom stereocenters. The van der Waals surface area contributed by atoms with Crippen LogP contribution in [0.25, 0.3) is 0 Å². The average Bonchev–Trinajstić information content (AvgIpc) is 2.62. The Bertz CT molecular complexity index is 602. The number of para-hydroxylation sites is 1. The summed E-state index contributed by atoms with van der Waals surface area (Å²) in [5.41, 5.74) is 0.584. The van der Waals surface area contributed by atoms with Crippen LogP contribution in [0.15, 0.2) is 24.3 Å². The molecule has 0 bridgehead atoms. The molecule has 0 aromatic heterocycles. The number of anilines is 1. The Morgan fingerprint density at radius 3 is 2.48 bits per heavy atom. The van der Waals surface area contributed by atoms with Crippen molar-refractivity contribution < 1.29 is 9.59 Å². The largest absolute Gasteiger partial charge is 0.341 e. The smallest absolute Gasteiger partial charge is 0.239 e. The van der Waals surface area contributed by atoms with Gasteiger partial charge in [0.2, 0.25) is 11.8 Å². The third-order valence-electron chi connectivity index (χ3n) is 5.03. The van der Waals surface area contributed by atoms with Crippen molar-refractivity contribution in [3.63, 3.8) is 0 Å². The van der Waals surface area contributed by atoms with E-state index >= 15 is 0 Å². The van der Waals surface area contributed by atoms with E-state index in [1.165, 1.54) is 19.3 Å². The van der Waals surface area contributed by atoms with Gasteiger partial charge in [-0.2, -0.15) is 0 Å². The van der Waals surface area contributed by atoms with Crippen molar-refractivity contribution in [1.29, 1.82) is 0 Å². The first-order chi connectivity index (χ1) is 11.9. The number of amides is 2. The van der Waals surface area contributed by atoms with Gasteiger partial charge < -0.3 is 10.2 Å². The first-order valence-electron chi connectivity index (χ1n) is 8.91. The number of carbonyl (C=O) groups is 2. The second-order valence-corrected chi connectivity index (χ2v) is 7.27. The van der Waals surface area contributed by atoms with E-state index < -0.39 is 0 Å². The summed E-state index contributed by atoms with van der Waals surface area (Å²) in [4.78, 5) is 28.6. The number of nitrogens with one attached hydrogen (secondary N) is 1. The first kappa shape index (κ1) is 19.7. The zero-order valence-electron chi connectivity index (χ0n) is 15.3. The molecule has 0 saturated heterocycles. The van der Waals surface area contributed by atoms with Gasteiger partial charge in [0.1, 0.15) is 0 Å². The highest BCUT2D eigenvalue weighted by atomic mass is 35.5. The summed E-state index contributed by atoms with van der Waals surface area (Å²) in [7, 11) is 3.68. The van der Waals surface area contributed by atoms with Crippen molar-refractivity contribution in [3.8, 4) is 0 Å². The Labute approximate surface area is 155 Å². The third kappa shape index (κ3) is 5.44. The maximum atomic E-state index is 12.7. The van der Waals surface area contributed by atoms with Crippen molar-refractivity contribution in [2.24, 2.45) is 0 Å². The van der Waals surface area contributed by atoms with E-state index in [1.54, 1.807) is 24.1 Å². The molecule has 0 aliphatic heterocycles. The predicted molar refractivity (Wildman–Crippen MR) is 102 cm³/mol. The van der Waals surface area contributed by atoms with Crippen LogP contribution in [-0.4, -0.2) is 54.3 Å². The second kappa shape index (κ2) is 9.20. The summed E-state index contributed by atoms with van der Waals surface area (Å²) in [5.74, 6) is -0.115. The molecule has 1 unspecified atom stereocenters. The Morgan fingerprint density at radius 1 is 1.20 bits per heavy atom. The Balaban J connectivity index is 1.88. The van der Waals surface area contributed by atoms with Crippen molar-refractivity contribution in [2.45, 2.75) is 51.1 Å². The van der Waals surface area contributed by atoms with E-state index in [2.05, 4.69) is 5.32 Å². The SMILES string of the molecule is CC(C(=O)N(C)C1CCCCC1)N(C)CC(=O)Nc1ccccc1Cl. The van der Waals surface area contributed by atoms with Crippen molar-refractivity contribution in [2.75, 3.05) is 26.0 Å². The molecule has 0 radical (unpaired) electrons. The molecule has 2 amide bonds. The standard InChI is InChI=1S/C19H28ClN3O2/c1-14(19(25)23(3)15-9-5-4-6-10-15)22(2)13-18(24)21-17-12-8-7-11-16(17)20/h7-8,11-12,14-15H,4-6,9-10,13H2,1-3H3,(H,21,24). The zero-order chi connectivity index (χ0) is 18.4. The van der Waals surface area contributed by atoms with Crippen LogP contribution in [0.4, 0.5) is 5.69 Å². The number of carbonyl (C=O) groups excluding carboxylic acids is 2. The molecule has 1 fully saturated rings. The van der Waals surface area contributed by atoms with Gasteiger partial charge in [-0.1, -0.05) is 43.0 Å². The molecular weight excluding hydrogens is 338 g/mol. The summed E-state index contributed by atoms with van der Waals surface area (Å²) >= 11 is 6.06. The molecular formula is C19H28ClN3O2. The molecule has 1 aliphatic carbocycles. The van der Waals surface area contributed by atoms with Gasteiger partial charge in [-0.25, -0.2) is 0 Å². The van der Waals surface area contributed by atoms with E-state index in [-0.39, 0.29) is 24.4 Å². The molecule has 2 rings (SSSR count). The Kier molecular flexibility index (Phi) is 7.26. The fourth-order valence-corrected chi connectivity index (χ4v) is 3.43. The van der Waals surface area contributed by atoms with E-state index in [9.17, 15) is 9.59 Å². The van der Waals surface area contributed by atoms with Gasteiger partial charge in [0.15, 0.2) is 0 Å². The van der Waals surface area contributed by atoms with Crippen LogP contribution in [0.5, 0.6) is 0 Å². The Hall–Kier alpha value is -1.59. The van der Waals surface area contributed by atoms with Crippen LogP contribution in [0.3, 0.4) is 0 Å². The number of nitrogens with zero attached hydrogens (tertiary/aromatic N) is 2. The number of halogens is 1. The van der Waals surface area contributed by atoms with Crippen molar-refractivity contribution >= 4 is 29.1 Å². The van der Waals surface area contributed by atoms with Gasteiger partial charge in [-0.3, -0.25) is 14.5 Å². The fraction of sp³-hybridized carbons (Fsp3) is 0.579. The lowest BCUT2D eigenvalue weighted by atomic mass is 9.94. The van der Waals surface area contributed by atoms with Gasteiger partial charge >= 0.3 is 0 Å². The summed E-state index contributed by atoms with van der Waals surface area (Å²) in [6.07, 6.45) is 5.78. The second-order valence-electron chi connectivity index (χ2n) is 6.86. The van der Waals surface area contributed by atoms with Crippen LogP contribution in [0, 0.1) is 0 Å². The normalized spacial score (nSPS) is 16.5. The van der Waals surface area contributed by atoms with Crippen LogP contribution in [-0.2, 0) is 9.59 Å². The van der Waals surface area contributed by atoms with E-state index in [4.69, 9.17) is 11.6 Å². The third-order valence-corrected chi connectivity index (χ3v) is 5.36. The van der Waals surface area contributed by atoms with Gasteiger partial charge in [0, 0.05) is 13.1 Å². The van der Waals surface area contributed by atoms with Gasteiger partial charge in [-0.05, 0) is 38.9 Å². The minimum absolute atomic E-state index is 0.0694. The van der Waals surface area contributed by atoms with Crippen LogP contribution >= 0.6 is 11.6 Å². The lowest BCUT2D eigenvalue weighted by Gasteiger charge is -2.35. The number of benzene rings is 1. The molecule has 0 heterocycles. The summed E-state index contributed by atoms with van der Waals surface area (Å²) in [5, 5.41) is 3.29. The van der Waals surface area contributed by atoms with Crippen LogP contribution in [0.1, 0.15) is 39.0 Å². The summed E-state index contributed by atoms with van der Waals surface area (Å²) < 4.78 is 0. The average molecular weight is 366 g/mol. The molecule has 1 saturated carbocycles. The van der Waals surface area contributed by atoms with Crippen molar-refractivity contribution in [1.82, 2.24) is 9.80 Å². The molecule has 0 spiro atoms. The summed E-state index contributed by atoms with van der Waals surface area (Å²) in [6.45, 7) is 1.99. The molecule has 25 heavy (non-hydrogen) atoms. The number of hydrogen-bond donors (Lipinski definition) is 1. The lowest BCUT2D eigenvalue weighted by molar-refractivity contribution is -0.137. The lowest BCUT2D eigenvalue weighted by Crippen LogP contribution is -2.49. The first-order valence-corrected chi connectivity index (χ1v) is 9.29. The van der Waals surface area contributed by atoms with Crippen molar-refractivity contribution in [3.05, 3.63) is 29.3 Å². The quantitative estimate of drug-likeness (QED) is 0.840. The van der Waals surface area contributed by atoms with Crippen LogP contribution < -0.4 is 5.32 Å². The topological polar surface area (TPSA) is 52.7 Å². The maximum Gasteiger partial charge on any atom is 0.239 e. The molecule has 1 aliphatic rings.